The molecule has 11 nitrogen and oxygen atoms in total. The van der Waals surface area contributed by atoms with Gasteiger partial charge >= 0.3 is 12.2 Å². The predicted octanol–water partition coefficient (Wildman–Crippen LogP) is 5.90. The molecule has 222 valence electrons. The van der Waals surface area contributed by atoms with Gasteiger partial charge in [0.15, 0.2) is 0 Å². The summed E-state index contributed by atoms with van der Waals surface area (Å²) in [5.74, 6) is -1.13. The third kappa shape index (κ3) is 6.43. The smallest absolute Gasteiger partial charge is 0.411 e. The van der Waals surface area contributed by atoms with Crippen molar-refractivity contribution in [2.45, 2.75) is 26.3 Å². The Morgan fingerprint density at radius 1 is 0.860 bits per heavy atom. The fourth-order valence-electron chi connectivity index (χ4n) is 4.61. The second-order valence-electron chi connectivity index (χ2n) is 10.8. The number of carbonyl (C=O) groups is 4. The number of cyclic esters (lactones) is 2. The zero-order valence-electron chi connectivity index (χ0n) is 23.8. The summed E-state index contributed by atoms with van der Waals surface area (Å²) < 4.78 is 30.0. The van der Waals surface area contributed by atoms with Crippen LogP contribution in [0.2, 0.25) is 0 Å². The number of benzene rings is 3. The Hall–Kier alpha value is -5.39. The second-order valence-corrected chi connectivity index (χ2v) is 10.8. The molecule has 1 aliphatic rings. The molecule has 4 amide bonds. The highest BCUT2D eigenvalue weighted by atomic mass is 19.1. The number of fused-ring (bicyclic) bond motifs is 5. The number of halogens is 1. The normalized spacial score (nSPS) is 13.6. The predicted molar refractivity (Wildman–Crippen MR) is 158 cm³/mol. The van der Waals surface area contributed by atoms with Gasteiger partial charge in [-0.2, -0.15) is 0 Å². The van der Waals surface area contributed by atoms with Gasteiger partial charge in [0.05, 0.1) is 11.3 Å². The van der Waals surface area contributed by atoms with Crippen molar-refractivity contribution in [3.8, 4) is 22.5 Å². The maximum Gasteiger partial charge on any atom is 0.411 e. The van der Waals surface area contributed by atoms with Gasteiger partial charge in [-0.3, -0.25) is 20.2 Å². The maximum absolute atomic E-state index is 13.7. The molecule has 0 spiro atoms. The lowest BCUT2D eigenvalue weighted by atomic mass is 9.96. The van der Waals surface area contributed by atoms with Crippen LogP contribution in [0.5, 0.6) is 0 Å². The highest BCUT2D eigenvalue weighted by Gasteiger charge is 2.25. The van der Waals surface area contributed by atoms with Crippen LogP contribution in [0.25, 0.3) is 33.4 Å². The summed E-state index contributed by atoms with van der Waals surface area (Å²) in [5, 5.41) is 11.2. The Kier molecular flexibility index (Phi) is 7.77. The van der Waals surface area contributed by atoms with E-state index in [0.29, 0.717) is 22.1 Å². The Bertz CT molecular complexity index is 1760. The highest BCUT2D eigenvalue weighted by molar-refractivity contribution is 6.13. The number of amides is 4. The summed E-state index contributed by atoms with van der Waals surface area (Å²) in [6.07, 6.45) is -1.64. The first-order valence-electron chi connectivity index (χ1n) is 13.4. The van der Waals surface area contributed by atoms with Gasteiger partial charge in [-0.1, -0.05) is 0 Å². The van der Waals surface area contributed by atoms with Gasteiger partial charge in [-0.15, -0.1) is 0 Å². The topological polar surface area (TPSA) is 148 Å². The first-order chi connectivity index (χ1) is 20.4. The van der Waals surface area contributed by atoms with Crippen molar-refractivity contribution >= 4 is 46.3 Å². The van der Waals surface area contributed by atoms with Crippen LogP contribution in [0.3, 0.4) is 0 Å². The number of carbonyl (C=O) groups excluding carboxylic acids is 4. The number of nitrogens with one attached hydrogen (secondary N) is 4. The van der Waals surface area contributed by atoms with E-state index in [2.05, 4.69) is 21.3 Å². The molecule has 1 aromatic heterocycles. The van der Waals surface area contributed by atoms with Crippen LogP contribution in [0.15, 0.2) is 59.0 Å². The van der Waals surface area contributed by atoms with Gasteiger partial charge in [-0.25, -0.2) is 14.0 Å². The van der Waals surface area contributed by atoms with Crippen molar-refractivity contribution in [3.63, 3.8) is 0 Å². The van der Waals surface area contributed by atoms with Crippen molar-refractivity contribution in [2.75, 3.05) is 30.9 Å². The minimum atomic E-state index is -0.831. The van der Waals surface area contributed by atoms with E-state index < -0.39 is 35.4 Å². The van der Waals surface area contributed by atoms with Gasteiger partial charge in [-0.05, 0) is 74.9 Å². The average Bonchev–Trinajstić information content (AvgIpc) is 3.31. The molecule has 2 heterocycles. The van der Waals surface area contributed by atoms with E-state index in [9.17, 15) is 23.6 Å². The van der Waals surface area contributed by atoms with Crippen LogP contribution in [-0.2, 0) is 9.47 Å². The summed E-state index contributed by atoms with van der Waals surface area (Å²) in [7, 11) is 1.47. The molecule has 0 atom stereocenters. The summed E-state index contributed by atoms with van der Waals surface area (Å²) in [6.45, 7) is 5.07. The van der Waals surface area contributed by atoms with Crippen molar-refractivity contribution in [1.29, 1.82) is 0 Å². The number of anilines is 2. The maximum atomic E-state index is 13.7. The Labute approximate surface area is 245 Å². The lowest BCUT2D eigenvalue weighted by molar-refractivity contribution is 0.0917. The molecule has 4 aromatic rings. The third-order valence-corrected chi connectivity index (χ3v) is 6.42. The molecule has 2 bridgehead atoms. The number of ether oxygens (including phenoxy) is 2. The lowest BCUT2D eigenvalue weighted by Crippen LogP contribution is -2.40. The zero-order chi connectivity index (χ0) is 30.9. The quantitative estimate of drug-likeness (QED) is 0.233. The van der Waals surface area contributed by atoms with Crippen LogP contribution in [0, 0.1) is 5.82 Å². The first-order valence-corrected chi connectivity index (χ1v) is 13.4. The van der Waals surface area contributed by atoms with Crippen LogP contribution in [0.4, 0.5) is 25.4 Å². The number of furan rings is 1. The molecule has 0 fully saturated rings. The zero-order valence-corrected chi connectivity index (χ0v) is 23.8. The van der Waals surface area contributed by atoms with Crippen LogP contribution >= 0.6 is 0 Å². The molecule has 0 aliphatic carbocycles. The molecule has 43 heavy (non-hydrogen) atoms. The molecule has 0 radical (unpaired) electrons. The van der Waals surface area contributed by atoms with Crippen LogP contribution < -0.4 is 21.3 Å². The van der Waals surface area contributed by atoms with E-state index in [-0.39, 0.29) is 47.1 Å². The van der Waals surface area contributed by atoms with E-state index in [0.717, 1.165) is 0 Å². The van der Waals surface area contributed by atoms with Gasteiger partial charge < -0.3 is 24.5 Å². The Morgan fingerprint density at radius 2 is 1.53 bits per heavy atom. The Morgan fingerprint density at radius 3 is 2.19 bits per heavy atom. The third-order valence-electron chi connectivity index (χ3n) is 6.42. The van der Waals surface area contributed by atoms with E-state index in [1.54, 1.807) is 18.2 Å². The molecule has 0 saturated carbocycles. The Balaban J connectivity index is 1.78. The van der Waals surface area contributed by atoms with Crippen molar-refractivity contribution < 1.29 is 37.5 Å². The molecule has 3 aromatic carbocycles. The number of hydrogen-bond acceptors (Lipinski definition) is 7. The molecule has 12 heteroatoms. The molecule has 0 saturated heterocycles. The number of hydrogen-bond donors (Lipinski definition) is 4. The van der Waals surface area contributed by atoms with E-state index in [1.165, 1.54) is 43.4 Å². The van der Waals surface area contributed by atoms with Gasteiger partial charge in [0, 0.05) is 46.4 Å². The standard InChI is InChI=1S/C31H29FN4O7/c1-31(2,3)36-27(37)18-11-17-12-20(13-18)34-29(39)41-9-10-42-30(40)35-23-15-24-22(14-21(17)23)25(28(38)33-4)26(43-24)16-5-7-19(32)8-6-16/h5-8,11-15H,9-10H2,1-4H3,(H,33,38)(H,34,39)(H,35,40)(H,36,37). The summed E-state index contributed by atoms with van der Waals surface area (Å²) in [4.78, 5) is 51.5. The molecular formula is C31H29FN4O7. The molecular weight excluding hydrogens is 559 g/mol. The van der Waals surface area contributed by atoms with Gasteiger partial charge in [0.25, 0.3) is 11.8 Å². The van der Waals surface area contributed by atoms with Crippen molar-refractivity contribution in [2.24, 2.45) is 0 Å². The molecule has 1 aliphatic heterocycles. The van der Waals surface area contributed by atoms with Crippen molar-refractivity contribution in [3.05, 3.63) is 71.5 Å². The van der Waals surface area contributed by atoms with Crippen molar-refractivity contribution in [1.82, 2.24) is 10.6 Å². The number of rotatable bonds is 3. The average molecular weight is 589 g/mol. The first kappa shape index (κ1) is 29.1. The van der Waals surface area contributed by atoms with E-state index >= 15 is 0 Å². The van der Waals surface area contributed by atoms with Crippen LogP contribution in [0.1, 0.15) is 41.5 Å². The van der Waals surface area contributed by atoms with E-state index in [4.69, 9.17) is 13.9 Å². The minimum absolute atomic E-state index is 0.181. The fourth-order valence-corrected chi connectivity index (χ4v) is 4.61. The largest absolute Gasteiger partial charge is 0.455 e. The fraction of sp³-hybridized carbons (Fsp3) is 0.226. The summed E-state index contributed by atoms with van der Waals surface area (Å²) in [6, 6.07) is 13.3. The van der Waals surface area contributed by atoms with Gasteiger partial charge in [0.2, 0.25) is 0 Å². The minimum Gasteiger partial charge on any atom is -0.455 e. The SMILES string of the molecule is CNC(=O)c1c(-c2ccc(F)cc2)oc2cc3c(cc12)-c1cc(cc(C(=O)NC(C)(C)C)c1)NC(=O)OCCOC(=O)N3. The van der Waals surface area contributed by atoms with E-state index in [1.807, 2.05) is 20.8 Å². The molecule has 0 unspecified atom stereocenters. The molecule has 5 rings (SSSR count). The second kappa shape index (κ2) is 11.5. The summed E-state index contributed by atoms with van der Waals surface area (Å²) in [5.41, 5.74) is 1.86. The monoisotopic (exact) mass is 588 g/mol. The highest BCUT2D eigenvalue weighted by Crippen LogP contribution is 2.40. The molecule has 4 N–H and O–H groups in total. The van der Waals surface area contributed by atoms with Gasteiger partial charge in [0.1, 0.15) is 30.4 Å². The lowest BCUT2D eigenvalue weighted by Gasteiger charge is -2.21. The summed E-state index contributed by atoms with van der Waals surface area (Å²) >= 11 is 0. The van der Waals surface area contributed by atoms with Crippen LogP contribution in [-0.4, -0.2) is 49.8 Å².